The molecule has 0 unspecified atom stereocenters. The lowest BCUT2D eigenvalue weighted by molar-refractivity contribution is 0.287. The second-order valence-electron chi connectivity index (χ2n) is 5.38. The van der Waals surface area contributed by atoms with E-state index in [0.717, 1.165) is 11.1 Å². The molecule has 0 aliphatic heterocycles. The first-order chi connectivity index (χ1) is 11.4. The Balaban J connectivity index is 2.34. The molecule has 0 aromatic heterocycles. The van der Waals surface area contributed by atoms with Crippen molar-refractivity contribution in [3.8, 4) is 11.5 Å². The molecule has 2 aromatic carbocycles. The first-order valence-electron chi connectivity index (χ1n) is 7.87. The van der Waals surface area contributed by atoms with Crippen molar-refractivity contribution in [2.24, 2.45) is 0 Å². The monoisotopic (exact) mass is 349 g/mol. The Kier molecular flexibility index (Phi) is 5.72. The molecule has 0 saturated heterocycles. The molecule has 24 heavy (non-hydrogen) atoms. The van der Waals surface area contributed by atoms with Crippen molar-refractivity contribution < 1.29 is 17.9 Å². The Morgan fingerprint density at radius 2 is 1.54 bits per heavy atom. The predicted molar refractivity (Wildman–Crippen MR) is 95.5 cm³/mol. The molecule has 1 N–H and O–H groups in total. The van der Waals surface area contributed by atoms with Gasteiger partial charge in [0.15, 0.2) is 11.5 Å². The summed E-state index contributed by atoms with van der Waals surface area (Å²) in [5.41, 5.74) is 2.67. The van der Waals surface area contributed by atoms with Crippen molar-refractivity contribution in [1.82, 2.24) is 0 Å². The Morgan fingerprint density at radius 3 is 2.17 bits per heavy atom. The summed E-state index contributed by atoms with van der Waals surface area (Å²) in [7, 11) is -3.70. The quantitative estimate of drug-likeness (QED) is 0.823. The second kappa shape index (κ2) is 7.57. The third-order valence-electron chi connectivity index (χ3n) is 3.58. The lowest BCUT2D eigenvalue weighted by Crippen LogP contribution is -2.13. The van der Waals surface area contributed by atoms with Gasteiger partial charge in [0, 0.05) is 11.8 Å². The molecule has 0 fully saturated rings. The molecule has 0 saturated carbocycles. The van der Waals surface area contributed by atoms with Crippen LogP contribution in [0.2, 0.25) is 0 Å². The molecule has 5 nitrogen and oxygen atoms in total. The number of nitrogens with one attached hydrogen (secondary N) is 1. The minimum Gasteiger partial charge on any atom is -0.490 e. The molecule has 0 heterocycles. The van der Waals surface area contributed by atoms with Gasteiger partial charge in [-0.2, -0.15) is 0 Å². The molecule has 0 amide bonds. The molecular weight excluding hydrogens is 326 g/mol. The standard InChI is InChI=1S/C18H23NO4S/c1-5-22-17-10-9-16(12-18(17)23-6-2)24(20,21)19-15-8-7-13(3)14(4)11-15/h7-12,19H,5-6H2,1-4H3. The smallest absolute Gasteiger partial charge is 0.262 e. The van der Waals surface area contributed by atoms with Crippen molar-refractivity contribution in [2.45, 2.75) is 32.6 Å². The average molecular weight is 349 g/mol. The topological polar surface area (TPSA) is 64.6 Å². The van der Waals surface area contributed by atoms with Gasteiger partial charge >= 0.3 is 0 Å². The number of rotatable bonds is 7. The highest BCUT2D eigenvalue weighted by Gasteiger charge is 2.18. The van der Waals surface area contributed by atoms with E-state index in [4.69, 9.17) is 9.47 Å². The van der Waals surface area contributed by atoms with E-state index in [9.17, 15) is 8.42 Å². The van der Waals surface area contributed by atoms with Crippen molar-refractivity contribution in [1.29, 1.82) is 0 Å². The maximum atomic E-state index is 12.6. The van der Waals surface area contributed by atoms with E-state index in [0.29, 0.717) is 30.4 Å². The van der Waals surface area contributed by atoms with Crippen LogP contribution in [-0.2, 0) is 10.0 Å². The molecule has 0 aliphatic rings. The van der Waals surface area contributed by atoms with Gasteiger partial charge in [0.2, 0.25) is 0 Å². The van der Waals surface area contributed by atoms with Crippen LogP contribution in [0.3, 0.4) is 0 Å². The van der Waals surface area contributed by atoms with E-state index in [2.05, 4.69) is 4.72 Å². The molecular formula is C18H23NO4S. The Bertz CT molecular complexity index is 816. The highest BCUT2D eigenvalue weighted by Crippen LogP contribution is 2.31. The summed E-state index contributed by atoms with van der Waals surface area (Å²) >= 11 is 0. The first kappa shape index (κ1) is 18.1. The zero-order chi connectivity index (χ0) is 17.7. The fourth-order valence-corrected chi connectivity index (χ4v) is 3.28. The number of aryl methyl sites for hydroxylation is 2. The summed E-state index contributed by atoms with van der Waals surface area (Å²) < 4.78 is 38.8. The second-order valence-corrected chi connectivity index (χ2v) is 7.06. The lowest BCUT2D eigenvalue weighted by Gasteiger charge is -2.14. The summed E-state index contributed by atoms with van der Waals surface area (Å²) in [5, 5.41) is 0. The van der Waals surface area contributed by atoms with Gasteiger partial charge in [-0.05, 0) is 63.1 Å². The van der Waals surface area contributed by atoms with Crippen molar-refractivity contribution in [2.75, 3.05) is 17.9 Å². The van der Waals surface area contributed by atoms with Gasteiger partial charge in [-0.3, -0.25) is 4.72 Å². The van der Waals surface area contributed by atoms with Crippen LogP contribution < -0.4 is 14.2 Å². The van der Waals surface area contributed by atoms with E-state index in [1.807, 2.05) is 39.8 Å². The molecule has 0 bridgehead atoms. The number of ether oxygens (including phenoxy) is 2. The molecule has 0 atom stereocenters. The summed E-state index contributed by atoms with van der Waals surface area (Å²) in [6.45, 7) is 8.53. The van der Waals surface area contributed by atoms with E-state index in [-0.39, 0.29) is 4.90 Å². The number of sulfonamides is 1. The molecule has 0 radical (unpaired) electrons. The van der Waals surface area contributed by atoms with Gasteiger partial charge in [0.25, 0.3) is 10.0 Å². The molecule has 6 heteroatoms. The summed E-state index contributed by atoms with van der Waals surface area (Å²) in [6.07, 6.45) is 0. The highest BCUT2D eigenvalue weighted by molar-refractivity contribution is 7.92. The Morgan fingerprint density at radius 1 is 0.875 bits per heavy atom. The van der Waals surface area contributed by atoms with Crippen LogP contribution in [0.5, 0.6) is 11.5 Å². The molecule has 2 rings (SSSR count). The highest BCUT2D eigenvalue weighted by atomic mass is 32.2. The van der Waals surface area contributed by atoms with Crippen LogP contribution in [0.4, 0.5) is 5.69 Å². The molecule has 2 aromatic rings. The molecule has 130 valence electrons. The van der Waals surface area contributed by atoms with Crippen LogP contribution in [0.15, 0.2) is 41.3 Å². The Hall–Kier alpha value is -2.21. The largest absolute Gasteiger partial charge is 0.490 e. The van der Waals surface area contributed by atoms with E-state index in [1.54, 1.807) is 12.1 Å². The van der Waals surface area contributed by atoms with Crippen molar-refractivity contribution >= 4 is 15.7 Å². The lowest BCUT2D eigenvalue weighted by atomic mass is 10.1. The summed E-state index contributed by atoms with van der Waals surface area (Å²) in [4.78, 5) is 0.132. The third-order valence-corrected chi connectivity index (χ3v) is 4.96. The van der Waals surface area contributed by atoms with Crippen LogP contribution in [0.25, 0.3) is 0 Å². The van der Waals surface area contributed by atoms with Gasteiger partial charge in [-0.25, -0.2) is 8.42 Å². The maximum absolute atomic E-state index is 12.6. The average Bonchev–Trinajstić information content (AvgIpc) is 2.53. The number of hydrogen-bond donors (Lipinski definition) is 1. The van der Waals surface area contributed by atoms with Crippen LogP contribution in [-0.4, -0.2) is 21.6 Å². The van der Waals surface area contributed by atoms with Gasteiger partial charge < -0.3 is 9.47 Å². The predicted octanol–water partition coefficient (Wildman–Crippen LogP) is 3.90. The molecule has 0 aliphatic carbocycles. The van der Waals surface area contributed by atoms with Crippen molar-refractivity contribution in [3.63, 3.8) is 0 Å². The van der Waals surface area contributed by atoms with Crippen LogP contribution >= 0.6 is 0 Å². The van der Waals surface area contributed by atoms with E-state index >= 15 is 0 Å². The van der Waals surface area contributed by atoms with Gasteiger partial charge in [0.1, 0.15) is 0 Å². The fourth-order valence-electron chi connectivity index (χ4n) is 2.22. The summed E-state index contributed by atoms with van der Waals surface area (Å²) in [5.74, 6) is 0.951. The fraction of sp³-hybridized carbons (Fsp3) is 0.333. The van der Waals surface area contributed by atoms with Gasteiger partial charge in [0.05, 0.1) is 18.1 Å². The minimum atomic E-state index is -3.70. The number of anilines is 1. The number of hydrogen-bond acceptors (Lipinski definition) is 4. The van der Waals surface area contributed by atoms with Crippen LogP contribution in [0.1, 0.15) is 25.0 Å². The zero-order valence-corrected chi connectivity index (χ0v) is 15.2. The van der Waals surface area contributed by atoms with E-state index < -0.39 is 10.0 Å². The molecule has 0 spiro atoms. The zero-order valence-electron chi connectivity index (χ0n) is 14.4. The van der Waals surface area contributed by atoms with Crippen LogP contribution in [0, 0.1) is 13.8 Å². The SMILES string of the molecule is CCOc1ccc(S(=O)(=O)Nc2ccc(C)c(C)c2)cc1OCC. The van der Waals surface area contributed by atoms with Crippen molar-refractivity contribution in [3.05, 3.63) is 47.5 Å². The normalized spacial score (nSPS) is 11.2. The first-order valence-corrected chi connectivity index (χ1v) is 9.35. The third kappa shape index (κ3) is 4.20. The number of benzene rings is 2. The van der Waals surface area contributed by atoms with Gasteiger partial charge in [-0.1, -0.05) is 6.07 Å². The maximum Gasteiger partial charge on any atom is 0.262 e. The van der Waals surface area contributed by atoms with E-state index in [1.165, 1.54) is 12.1 Å². The summed E-state index contributed by atoms with van der Waals surface area (Å²) in [6, 6.07) is 10.1. The van der Waals surface area contributed by atoms with Gasteiger partial charge in [-0.15, -0.1) is 0 Å². The minimum absolute atomic E-state index is 0.132. The Labute approximate surface area is 143 Å².